The highest BCUT2D eigenvalue weighted by Gasteiger charge is 2.20. The molecule has 0 aromatic heterocycles. The summed E-state index contributed by atoms with van der Waals surface area (Å²) in [6.45, 7) is 6.65. The number of aliphatic carboxylic acids is 1. The van der Waals surface area contributed by atoms with Gasteiger partial charge in [-0.15, -0.1) is 0 Å². The van der Waals surface area contributed by atoms with Crippen LogP contribution in [0.1, 0.15) is 19.3 Å². The first kappa shape index (κ1) is 11.7. The highest BCUT2D eigenvalue weighted by atomic mass is 79.9. The Hall–Kier alpha value is -0.350. The van der Waals surface area contributed by atoms with Gasteiger partial charge in [0.25, 0.3) is 0 Å². The van der Waals surface area contributed by atoms with Gasteiger partial charge in [0.2, 0.25) is 0 Å². The van der Waals surface area contributed by atoms with Crippen molar-refractivity contribution < 1.29 is 9.90 Å². The predicted octanol–water partition coefficient (Wildman–Crippen LogP) is 2.08. The lowest BCUT2D eigenvalue weighted by atomic mass is 9.94. The maximum Gasteiger partial charge on any atom is 0.303 e. The second kappa shape index (κ2) is 5.51. The molecule has 80 valence electrons. The van der Waals surface area contributed by atoms with E-state index in [2.05, 4.69) is 27.4 Å². The fourth-order valence-electron chi connectivity index (χ4n) is 1.84. The first-order valence-corrected chi connectivity index (χ1v) is 5.64. The monoisotopic (exact) mass is 261 g/mol. The predicted molar refractivity (Wildman–Crippen MR) is 59.5 cm³/mol. The Labute approximate surface area is 92.9 Å². The normalized spacial score (nSPS) is 19.5. The van der Waals surface area contributed by atoms with Crippen LogP contribution >= 0.6 is 15.9 Å². The van der Waals surface area contributed by atoms with Crippen LogP contribution in [-0.2, 0) is 4.79 Å². The van der Waals surface area contributed by atoms with Crippen molar-refractivity contribution in [2.24, 2.45) is 5.92 Å². The average Bonchev–Trinajstić information content (AvgIpc) is 2.06. The summed E-state index contributed by atoms with van der Waals surface area (Å²) in [7, 11) is 0. The van der Waals surface area contributed by atoms with Crippen molar-refractivity contribution >= 4 is 21.9 Å². The van der Waals surface area contributed by atoms with E-state index in [1.165, 1.54) is 0 Å². The van der Waals surface area contributed by atoms with Crippen molar-refractivity contribution in [3.8, 4) is 0 Å². The van der Waals surface area contributed by atoms with Crippen LogP contribution in [0.4, 0.5) is 0 Å². The standard InChI is InChI=1S/C10H16BrNO2/c1-8(11)7-12-4-2-9(3-5-12)6-10(13)14/h9H,1-7H2,(H,13,14). The topological polar surface area (TPSA) is 40.5 Å². The zero-order chi connectivity index (χ0) is 10.6. The summed E-state index contributed by atoms with van der Waals surface area (Å²) in [6.07, 6.45) is 2.31. The van der Waals surface area contributed by atoms with Crippen LogP contribution in [-0.4, -0.2) is 35.6 Å². The van der Waals surface area contributed by atoms with E-state index in [0.717, 1.165) is 37.0 Å². The molecule has 0 unspecified atom stereocenters. The summed E-state index contributed by atoms with van der Waals surface area (Å²) in [5.41, 5.74) is 0. The first-order chi connectivity index (χ1) is 6.58. The van der Waals surface area contributed by atoms with Gasteiger partial charge in [-0.25, -0.2) is 0 Å². The van der Waals surface area contributed by atoms with Crippen LogP contribution < -0.4 is 0 Å². The van der Waals surface area contributed by atoms with Gasteiger partial charge in [-0.05, 0) is 31.8 Å². The van der Waals surface area contributed by atoms with Gasteiger partial charge in [-0.3, -0.25) is 9.69 Å². The van der Waals surface area contributed by atoms with Gasteiger partial charge >= 0.3 is 5.97 Å². The number of rotatable bonds is 4. The van der Waals surface area contributed by atoms with E-state index in [-0.39, 0.29) is 0 Å². The second-order valence-electron chi connectivity index (χ2n) is 3.83. The third kappa shape index (κ3) is 4.24. The molecule has 1 N–H and O–H groups in total. The summed E-state index contributed by atoms with van der Waals surface area (Å²) in [5, 5.41) is 8.64. The molecule has 1 rings (SSSR count). The molecule has 0 spiro atoms. The van der Waals surface area contributed by atoms with Crippen molar-refractivity contribution in [3.63, 3.8) is 0 Å². The van der Waals surface area contributed by atoms with Crippen molar-refractivity contribution in [1.82, 2.24) is 4.90 Å². The average molecular weight is 262 g/mol. The smallest absolute Gasteiger partial charge is 0.303 e. The molecule has 1 saturated heterocycles. The molecule has 0 radical (unpaired) electrons. The van der Waals surface area contributed by atoms with E-state index in [0.29, 0.717) is 12.3 Å². The lowest BCUT2D eigenvalue weighted by molar-refractivity contribution is -0.138. The minimum atomic E-state index is -0.673. The number of halogens is 1. The maximum atomic E-state index is 10.5. The molecule has 0 saturated carbocycles. The van der Waals surface area contributed by atoms with Gasteiger partial charge < -0.3 is 5.11 Å². The molecule has 1 aliphatic rings. The Bertz CT molecular complexity index is 198. The lowest BCUT2D eigenvalue weighted by Crippen LogP contribution is -2.35. The Morgan fingerprint density at radius 1 is 1.50 bits per heavy atom. The second-order valence-corrected chi connectivity index (χ2v) is 4.96. The minimum absolute atomic E-state index is 0.323. The van der Waals surface area contributed by atoms with Gasteiger partial charge in [-0.1, -0.05) is 22.5 Å². The minimum Gasteiger partial charge on any atom is -0.481 e. The van der Waals surface area contributed by atoms with Crippen molar-refractivity contribution in [2.45, 2.75) is 19.3 Å². The molecule has 0 aliphatic carbocycles. The Kier molecular flexibility index (Phi) is 4.62. The SMILES string of the molecule is C=C(Br)CN1CCC(CC(=O)O)CC1. The van der Waals surface area contributed by atoms with Crippen LogP contribution in [0, 0.1) is 5.92 Å². The van der Waals surface area contributed by atoms with Crippen LogP contribution in [0.2, 0.25) is 0 Å². The highest BCUT2D eigenvalue weighted by Crippen LogP contribution is 2.21. The number of piperidine rings is 1. The van der Waals surface area contributed by atoms with Crippen LogP contribution in [0.25, 0.3) is 0 Å². The zero-order valence-corrected chi connectivity index (χ0v) is 9.79. The van der Waals surface area contributed by atoms with E-state index in [1.54, 1.807) is 0 Å². The molecule has 0 atom stereocenters. The summed E-state index contributed by atoms with van der Waals surface area (Å²) in [4.78, 5) is 12.8. The number of likely N-dealkylation sites (tertiary alicyclic amines) is 1. The maximum absolute atomic E-state index is 10.5. The summed E-state index contributed by atoms with van der Waals surface area (Å²) in [6, 6.07) is 0. The quantitative estimate of drug-likeness (QED) is 0.843. The zero-order valence-electron chi connectivity index (χ0n) is 8.21. The van der Waals surface area contributed by atoms with Gasteiger partial charge in [0, 0.05) is 17.4 Å². The fourth-order valence-corrected chi connectivity index (χ4v) is 2.19. The van der Waals surface area contributed by atoms with Gasteiger partial charge in [0.05, 0.1) is 0 Å². The van der Waals surface area contributed by atoms with Crippen molar-refractivity contribution in [2.75, 3.05) is 19.6 Å². The molecule has 3 nitrogen and oxygen atoms in total. The molecule has 4 heteroatoms. The van der Waals surface area contributed by atoms with Crippen LogP contribution in [0.5, 0.6) is 0 Å². The summed E-state index contributed by atoms with van der Waals surface area (Å²) < 4.78 is 0.995. The van der Waals surface area contributed by atoms with Crippen molar-refractivity contribution in [1.29, 1.82) is 0 Å². The molecule has 1 heterocycles. The Morgan fingerprint density at radius 3 is 2.50 bits per heavy atom. The van der Waals surface area contributed by atoms with Crippen LogP contribution in [0.15, 0.2) is 11.1 Å². The van der Waals surface area contributed by atoms with Gasteiger partial charge in [0.15, 0.2) is 0 Å². The number of carboxylic acids is 1. The number of hydrogen-bond donors (Lipinski definition) is 1. The third-order valence-corrected chi connectivity index (χ3v) is 2.82. The van der Waals surface area contributed by atoms with Gasteiger partial charge in [0.1, 0.15) is 0 Å². The largest absolute Gasteiger partial charge is 0.481 e. The summed E-state index contributed by atoms with van der Waals surface area (Å²) >= 11 is 3.34. The van der Waals surface area contributed by atoms with E-state index in [9.17, 15) is 4.79 Å². The van der Waals surface area contributed by atoms with E-state index < -0.39 is 5.97 Å². The summed E-state index contributed by atoms with van der Waals surface area (Å²) in [5.74, 6) is -0.305. The number of carbonyl (C=O) groups is 1. The van der Waals surface area contributed by atoms with E-state index in [4.69, 9.17) is 5.11 Å². The fraction of sp³-hybridized carbons (Fsp3) is 0.700. The first-order valence-electron chi connectivity index (χ1n) is 4.85. The molecular formula is C10H16BrNO2. The van der Waals surface area contributed by atoms with E-state index in [1.807, 2.05) is 0 Å². The molecular weight excluding hydrogens is 246 g/mol. The molecule has 0 bridgehead atoms. The van der Waals surface area contributed by atoms with Gasteiger partial charge in [-0.2, -0.15) is 0 Å². The lowest BCUT2D eigenvalue weighted by Gasteiger charge is -2.30. The number of nitrogens with zero attached hydrogens (tertiary/aromatic N) is 1. The molecule has 0 aromatic carbocycles. The molecule has 0 amide bonds. The van der Waals surface area contributed by atoms with Crippen LogP contribution in [0.3, 0.4) is 0 Å². The molecule has 1 aliphatic heterocycles. The molecule has 14 heavy (non-hydrogen) atoms. The number of carboxylic acid groups (broad SMARTS) is 1. The Morgan fingerprint density at radius 2 is 2.07 bits per heavy atom. The highest BCUT2D eigenvalue weighted by molar-refractivity contribution is 9.11. The molecule has 1 fully saturated rings. The third-order valence-electron chi connectivity index (χ3n) is 2.57. The molecule has 0 aromatic rings. The Balaban J connectivity index is 2.24. The van der Waals surface area contributed by atoms with Crippen molar-refractivity contribution in [3.05, 3.63) is 11.1 Å². The number of hydrogen-bond acceptors (Lipinski definition) is 2. The van der Waals surface area contributed by atoms with E-state index >= 15 is 0 Å².